The molecule has 2 aromatic carbocycles. The Morgan fingerprint density at radius 3 is 2.05 bits per heavy atom. The van der Waals surface area contributed by atoms with E-state index < -0.39 is 29.1 Å². The Balaban J connectivity index is 2.41. The standard InChI is InChI=1S/C14H10F5NO/c1-7-2-3-12(11(20)4-7)21-13-9(15)5-8(6-10(13)16)14(17,18)19/h2-6H,20H2,1H3. The SMILES string of the molecule is Cc1ccc(Oc2c(F)cc(C(F)(F)F)cc2F)c(N)c1. The van der Waals surface area contributed by atoms with Crippen LogP contribution in [-0.2, 0) is 6.18 Å². The number of hydrogen-bond donors (Lipinski definition) is 1. The van der Waals surface area contributed by atoms with E-state index >= 15 is 0 Å². The van der Waals surface area contributed by atoms with Crippen LogP contribution < -0.4 is 10.5 Å². The van der Waals surface area contributed by atoms with Crippen LogP contribution in [0.15, 0.2) is 30.3 Å². The minimum absolute atomic E-state index is 0.0434. The van der Waals surface area contributed by atoms with Crippen LogP contribution >= 0.6 is 0 Å². The third-order valence-corrected chi connectivity index (χ3v) is 2.70. The molecule has 2 nitrogen and oxygen atoms in total. The molecule has 7 heteroatoms. The predicted octanol–water partition coefficient (Wildman–Crippen LogP) is 4.67. The van der Waals surface area contributed by atoms with Gasteiger partial charge in [0.15, 0.2) is 23.1 Å². The molecule has 0 unspecified atom stereocenters. The Hall–Kier alpha value is -2.31. The first-order chi connectivity index (χ1) is 9.68. The third kappa shape index (κ3) is 3.24. The topological polar surface area (TPSA) is 35.2 Å². The molecule has 0 heterocycles. The lowest BCUT2D eigenvalue weighted by atomic mass is 10.2. The molecule has 21 heavy (non-hydrogen) atoms. The second-order valence-corrected chi connectivity index (χ2v) is 4.41. The summed E-state index contributed by atoms with van der Waals surface area (Å²) in [6.45, 7) is 1.75. The minimum atomic E-state index is -4.84. The normalized spacial score (nSPS) is 11.5. The molecule has 0 saturated carbocycles. The highest BCUT2D eigenvalue weighted by Gasteiger charge is 2.33. The first kappa shape index (κ1) is 15.1. The number of hydrogen-bond acceptors (Lipinski definition) is 2. The number of benzene rings is 2. The molecule has 0 aliphatic carbocycles. The molecule has 0 radical (unpaired) electrons. The summed E-state index contributed by atoms with van der Waals surface area (Å²) in [5.74, 6) is -3.89. The van der Waals surface area contributed by atoms with Crippen molar-refractivity contribution in [3.63, 3.8) is 0 Å². The Labute approximate surface area is 116 Å². The van der Waals surface area contributed by atoms with E-state index in [1.807, 2.05) is 0 Å². The van der Waals surface area contributed by atoms with Gasteiger partial charge in [-0.15, -0.1) is 0 Å². The lowest BCUT2D eigenvalue weighted by molar-refractivity contribution is -0.138. The Morgan fingerprint density at radius 2 is 1.57 bits per heavy atom. The zero-order chi connectivity index (χ0) is 15.8. The number of nitrogens with two attached hydrogens (primary N) is 1. The summed E-state index contributed by atoms with van der Waals surface area (Å²) in [6.07, 6.45) is -4.84. The molecule has 0 spiro atoms. The second-order valence-electron chi connectivity index (χ2n) is 4.41. The van der Waals surface area contributed by atoms with Gasteiger partial charge in [-0.25, -0.2) is 8.78 Å². The molecule has 0 aliphatic heterocycles. The van der Waals surface area contributed by atoms with E-state index in [0.717, 1.165) is 5.56 Å². The van der Waals surface area contributed by atoms with Crippen LogP contribution in [0.1, 0.15) is 11.1 Å². The van der Waals surface area contributed by atoms with Crippen molar-refractivity contribution in [2.45, 2.75) is 13.1 Å². The molecule has 2 aromatic rings. The first-order valence-corrected chi connectivity index (χ1v) is 5.78. The largest absolute Gasteiger partial charge is 0.449 e. The van der Waals surface area contributed by atoms with E-state index in [-0.39, 0.29) is 23.6 Å². The zero-order valence-electron chi connectivity index (χ0n) is 10.8. The highest BCUT2D eigenvalue weighted by molar-refractivity contribution is 5.55. The van der Waals surface area contributed by atoms with Gasteiger partial charge in [0.25, 0.3) is 0 Å². The van der Waals surface area contributed by atoms with Gasteiger partial charge < -0.3 is 10.5 Å². The van der Waals surface area contributed by atoms with Crippen LogP contribution in [0.5, 0.6) is 11.5 Å². The molecule has 0 fully saturated rings. The molecule has 0 saturated heterocycles. The molecule has 2 rings (SSSR count). The Morgan fingerprint density at radius 1 is 1.00 bits per heavy atom. The summed E-state index contributed by atoms with van der Waals surface area (Å²) < 4.78 is 69.5. The minimum Gasteiger partial charge on any atom is -0.449 e. The van der Waals surface area contributed by atoms with Crippen LogP contribution in [-0.4, -0.2) is 0 Å². The number of ether oxygens (including phenoxy) is 1. The van der Waals surface area contributed by atoms with Gasteiger partial charge in [0.05, 0.1) is 11.3 Å². The number of alkyl halides is 3. The van der Waals surface area contributed by atoms with Gasteiger partial charge in [-0.05, 0) is 36.8 Å². The van der Waals surface area contributed by atoms with Crippen LogP contribution in [0.3, 0.4) is 0 Å². The van der Waals surface area contributed by atoms with Gasteiger partial charge in [0.1, 0.15) is 0 Å². The molecule has 0 atom stereocenters. The molecule has 112 valence electrons. The van der Waals surface area contributed by atoms with Crippen LogP contribution in [0.2, 0.25) is 0 Å². The van der Waals surface area contributed by atoms with Crippen LogP contribution in [0.25, 0.3) is 0 Å². The van der Waals surface area contributed by atoms with E-state index in [0.29, 0.717) is 0 Å². The average Bonchev–Trinajstić information content (AvgIpc) is 2.34. The molecule has 0 aliphatic rings. The second kappa shape index (κ2) is 5.23. The first-order valence-electron chi connectivity index (χ1n) is 5.78. The molecular weight excluding hydrogens is 293 g/mol. The van der Waals surface area contributed by atoms with E-state index in [9.17, 15) is 22.0 Å². The predicted molar refractivity (Wildman–Crippen MR) is 67.0 cm³/mol. The number of halogens is 5. The number of anilines is 1. The van der Waals surface area contributed by atoms with Gasteiger partial charge >= 0.3 is 6.18 Å². The number of rotatable bonds is 2. The molecule has 0 amide bonds. The highest BCUT2D eigenvalue weighted by Crippen LogP contribution is 2.36. The summed E-state index contributed by atoms with van der Waals surface area (Å²) in [6, 6.07) is 4.81. The van der Waals surface area contributed by atoms with E-state index in [4.69, 9.17) is 10.5 Å². The fourth-order valence-corrected chi connectivity index (χ4v) is 1.69. The van der Waals surface area contributed by atoms with Gasteiger partial charge in [-0.1, -0.05) is 6.07 Å². The maximum Gasteiger partial charge on any atom is 0.416 e. The highest BCUT2D eigenvalue weighted by atomic mass is 19.4. The van der Waals surface area contributed by atoms with E-state index in [1.165, 1.54) is 12.1 Å². The van der Waals surface area contributed by atoms with Gasteiger partial charge in [0, 0.05) is 0 Å². The van der Waals surface area contributed by atoms with Crippen molar-refractivity contribution >= 4 is 5.69 Å². The van der Waals surface area contributed by atoms with Crippen LogP contribution in [0.4, 0.5) is 27.6 Å². The Bertz CT molecular complexity index is 659. The third-order valence-electron chi connectivity index (χ3n) is 2.70. The van der Waals surface area contributed by atoms with Crippen molar-refractivity contribution < 1.29 is 26.7 Å². The van der Waals surface area contributed by atoms with Crippen molar-refractivity contribution in [3.05, 3.63) is 53.1 Å². The summed E-state index contributed by atoms with van der Waals surface area (Å²) in [7, 11) is 0. The van der Waals surface area contributed by atoms with Crippen molar-refractivity contribution in [1.29, 1.82) is 0 Å². The maximum absolute atomic E-state index is 13.6. The van der Waals surface area contributed by atoms with Gasteiger partial charge in [-0.2, -0.15) is 13.2 Å². The quantitative estimate of drug-likeness (QED) is 0.646. The zero-order valence-corrected chi connectivity index (χ0v) is 10.8. The van der Waals surface area contributed by atoms with Gasteiger partial charge in [-0.3, -0.25) is 0 Å². The van der Waals surface area contributed by atoms with E-state index in [1.54, 1.807) is 13.0 Å². The maximum atomic E-state index is 13.6. The average molecular weight is 303 g/mol. The Kier molecular flexibility index (Phi) is 3.76. The van der Waals surface area contributed by atoms with Gasteiger partial charge in [0.2, 0.25) is 0 Å². The lowest BCUT2D eigenvalue weighted by Crippen LogP contribution is -2.07. The fourth-order valence-electron chi connectivity index (χ4n) is 1.69. The number of nitrogen functional groups attached to an aromatic ring is 1. The molecule has 0 bridgehead atoms. The summed E-state index contributed by atoms with van der Waals surface area (Å²) in [4.78, 5) is 0. The smallest absolute Gasteiger partial charge is 0.416 e. The molecule has 2 N–H and O–H groups in total. The summed E-state index contributed by atoms with van der Waals surface area (Å²) >= 11 is 0. The monoisotopic (exact) mass is 303 g/mol. The number of aryl methyl sites for hydroxylation is 1. The lowest BCUT2D eigenvalue weighted by Gasteiger charge is -2.13. The summed E-state index contributed by atoms with van der Waals surface area (Å²) in [5, 5.41) is 0. The van der Waals surface area contributed by atoms with Crippen molar-refractivity contribution in [2.24, 2.45) is 0 Å². The van der Waals surface area contributed by atoms with Crippen molar-refractivity contribution in [2.75, 3.05) is 5.73 Å². The van der Waals surface area contributed by atoms with Crippen molar-refractivity contribution in [1.82, 2.24) is 0 Å². The summed E-state index contributed by atoms with van der Waals surface area (Å²) in [5.41, 5.74) is 5.11. The van der Waals surface area contributed by atoms with Crippen molar-refractivity contribution in [3.8, 4) is 11.5 Å². The molecule has 0 aromatic heterocycles. The fraction of sp³-hybridized carbons (Fsp3) is 0.143. The van der Waals surface area contributed by atoms with Crippen LogP contribution in [0, 0.1) is 18.6 Å². The molecular formula is C14H10F5NO. The van der Waals surface area contributed by atoms with E-state index in [2.05, 4.69) is 0 Å².